The zero-order valence-electron chi connectivity index (χ0n) is 8.32. The molecule has 0 fully saturated rings. The first-order chi connectivity index (χ1) is 7.27. The molecule has 2 N–H and O–H groups in total. The molecule has 0 radical (unpaired) electrons. The lowest BCUT2D eigenvalue weighted by Crippen LogP contribution is -2.03. The van der Waals surface area contributed by atoms with Crippen molar-refractivity contribution >= 4 is 16.9 Å². The van der Waals surface area contributed by atoms with E-state index in [0.717, 1.165) is 10.9 Å². The van der Waals surface area contributed by atoms with E-state index in [-0.39, 0.29) is 5.97 Å². The van der Waals surface area contributed by atoms with Gasteiger partial charge in [0.1, 0.15) is 5.58 Å². The first-order valence-corrected chi connectivity index (χ1v) is 4.55. The van der Waals surface area contributed by atoms with Gasteiger partial charge in [-0.3, -0.25) is 0 Å². The summed E-state index contributed by atoms with van der Waals surface area (Å²) in [5.74, 6) is -0.378. The number of methoxy groups -OCH3 is 1. The summed E-state index contributed by atoms with van der Waals surface area (Å²) in [5, 5.41) is 0.742. The number of esters is 1. The van der Waals surface area contributed by atoms with Crippen LogP contribution in [0, 0.1) is 0 Å². The molecule has 4 heteroatoms. The van der Waals surface area contributed by atoms with Crippen molar-refractivity contribution < 1.29 is 13.9 Å². The number of hydrogen-bond acceptors (Lipinski definition) is 4. The van der Waals surface area contributed by atoms with Gasteiger partial charge in [0, 0.05) is 17.5 Å². The standard InChI is InChI=1S/C11H11NO3/c1-14-11(13)8-3-2-4-9-10(8)7(5-12)6-15-9/h2-4,6H,5,12H2,1H3. The molecule has 0 spiro atoms. The van der Waals surface area contributed by atoms with Crippen molar-refractivity contribution in [2.45, 2.75) is 6.54 Å². The van der Waals surface area contributed by atoms with Gasteiger partial charge in [-0.2, -0.15) is 0 Å². The molecule has 1 aromatic heterocycles. The Bertz CT molecular complexity index is 502. The minimum Gasteiger partial charge on any atom is -0.465 e. The predicted molar refractivity (Wildman–Crippen MR) is 55.4 cm³/mol. The second-order valence-corrected chi connectivity index (χ2v) is 3.14. The van der Waals surface area contributed by atoms with Gasteiger partial charge in [0.15, 0.2) is 0 Å². The van der Waals surface area contributed by atoms with E-state index < -0.39 is 0 Å². The van der Waals surface area contributed by atoms with Crippen molar-refractivity contribution in [1.82, 2.24) is 0 Å². The van der Waals surface area contributed by atoms with Crippen molar-refractivity contribution in [2.24, 2.45) is 5.73 Å². The Morgan fingerprint density at radius 1 is 1.53 bits per heavy atom. The van der Waals surface area contributed by atoms with E-state index in [9.17, 15) is 4.79 Å². The highest BCUT2D eigenvalue weighted by atomic mass is 16.5. The number of carbonyl (C=O) groups excluding carboxylic acids is 1. The van der Waals surface area contributed by atoms with E-state index in [0.29, 0.717) is 17.7 Å². The largest absolute Gasteiger partial charge is 0.465 e. The van der Waals surface area contributed by atoms with Crippen LogP contribution in [0.5, 0.6) is 0 Å². The van der Waals surface area contributed by atoms with Gasteiger partial charge in [0.05, 0.1) is 18.9 Å². The number of furan rings is 1. The average molecular weight is 205 g/mol. The van der Waals surface area contributed by atoms with E-state index in [2.05, 4.69) is 0 Å². The maximum atomic E-state index is 11.5. The summed E-state index contributed by atoms with van der Waals surface area (Å²) in [6.07, 6.45) is 1.57. The van der Waals surface area contributed by atoms with Gasteiger partial charge < -0.3 is 14.9 Å². The summed E-state index contributed by atoms with van der Waals surface area (Å²) >= 11 is 0. The number of benzene rings is 1. The maximum absolute atomic E-state index is 11.5. The van der Waals surface area contributed by atoms with Crippen LogP contribution in [0.1, 0.15) is 15.9 Å². The number of nitrogens with two attached hydrogens (primary N) is 1. The van der Waals surface area contributed by atoms with E-state index in [1.54, 1.807) is 24.5 Å². The molecule has 2 rings (SSSR count). The lowest BCUT2D eigenvalue weighted by Gasteiger charge is -2.01. The predicted octanol–water partition coefficient (Wildman–Crippen LogP) is 1.68. The zero-order valence-corrected chi connectivity index (χ0v) is 8.32. The van der Waals surface area contributed by atoms with Gasteiger partial charge in [0.25, 0.3) is 0 Å². The molecule has 0 saturated heterocycles. The van der Waals surface area contributed by atoms with Gasteiger partial charge in [-0.1, -0.05) is 6.07 Å². The minimum atomic E-state index is -0.378. The summed E-state index contributed by atoms with van der Waals surface area (Å²) in [5.41, 5.74) is 7.51. The summed E-state index contributed by atoms with van der Waals surface area (Å²) in [6, 6.07) is 5.24. The molecule has 1 aromatic carbocycles. The highest BCUT2D eigenvalue weighted by Crippen LogP contribution is 2.25. The normalized spacial score (nSPS) is 10.5. The first kappa shape index (κ1) is 9.73. The molecule has 0 aliphatic heterocycles. The number of ether oxygens (including phenoxy) is 1. The zero-order chi connectivity index (χ0) is 10.8. The van der Waals surface area contributed by atoms with Crippen LogP contribution in [-0.2, 0) is 11.3 Å². The van der Waals surface area contributed by atoms with Crippen LogP contribution in [0.15, 0.2) is 28.9 Å². The highest BCUT2D eigenvalue weighted by Gasteiger charge is 2.14. The van der Waals surface area contributed by atoms with E-state index >= 15 is 0 Å². The maximum Gasteiger partial charge on any atom is 0.338 e. The van der Waals surface area contributed by atoms with Crippen LogP contribution in [0.3, 0.4) is 0 Å². The third-order valence-electron chi connectivity index (χ3n) is 2.30. The van der Waals surface area contributed by atoms with Gasteiger partial charge in [0.2, 0.25) is 0 Å². The van der Waals surface area contributed by atoms with Gasteiger partial charge in [-0.05, 0) is 12.1 Å². The summed E-state index contributed by atoms with van der Waals surface area (Å²) in [7, 11) is 1.35. The Balaban J connectivity index is 2.72. The Morgan fingerprint density at radius 3 is 3.00 bits per heavy atom. The lowest BCUT2D eigenvalue weighted by molar-refractivity contribution is 0.0603. The molecule has 0 saturated carbocycles. The van der Waals surface area contributed by atoms with E-state index in [1.807, 2.05) is 0 Å². The van der Waals surface area contributed by atoms with Crippen molar-refractivity contribution in [2.75, 3.05) is 7.11 Å². The molecule has 78 valence electrons. The number of fused-ring (bicyclic) bond motifs is 1. The number of carbonyl (C=O) groups is 1. The Kier molecular flexibility index (Phi) is 2.43. The fraction of sp³-hybridized carbons (Fsp3) is 0.182. The van der Waals surface area contributed by atoms with Gasteiger partial charge in [-0.15, -0.1) is 0 Å². The molecule has 4 nitrogen and oxygen atoms in total. The molecule has 0 aliphatic rings. The summed E-state index contributed by atoms with van der Waals surface area (Å²) in [4.78, 5) is 11.5. The van der Waals surface area contributed by atoms with Crippen LogP contribution in [0.2, 0.25) is 0 Å². The molecule has 0 unspecified atom stereocenters. The summed E-state index contributed by atoms with van der Waals surface area (Å²) in [6.45, 7) is 0.334. The number of rotatable bonds is 2. The minimum absolute atomic E-state index is 0.334. The molecule has 1 heterocycles. The third-order valence-corrected chi connectivity index (χ3v) is 2.30. The Morgan fingerprint density at radius 2 is 2.33 bits per heavy atom. The number of hydrogen-bond donors (Lipinski definition) is 1. The van der Waals surface area contributed by atoms with Crippen molar-refractivity contribution in [3.63, 3.8) is 0 Å². The molecule has 2 aromatic rings. The van der Waals surface area contributed by atoms with Crippen molar-refractivity contribution in [1.29, 1.82) is 0 Å². The molecular weight excluding hydrogens is 194 g/mol. The molecule has 0 amide bonds. The lowest BCUT2D eigenvalue weighted by atomic mass is 10.1. The first-order valence-electron chi connectivity index (χ1n) is 4.55. The summed E-state index contributed by atoms with van der Waals surface area (Å²) < 4.78 is 9.98. The second kappa shape index (κ2) is 3.74. The molecule has 0 atom stereocenters. The molecule has 0 aliphatic carbocycles. The average Bonchev–Trinajstić information content (AvgIpc) is 2.70. The molecule has 0 bridgehead atoms. The Hall–Kier alpha value is -1.81. The van der Waals surface area contributed by atoms with Crippen LogP contribution in [0.25, 0.3) is 11.0 Å². The smallest absolute Gasteiger partial charge is 0.338 e. The fourth-order valence-corrected chi connectivity index (χ4v) is 1.58. The highest BCUT2D eigenvalue weighted by molar-refractivity contribution is 6.04. The van der Waals surface area contributed by atoms with Gasteiger partial charge in [-0.25, -0.2) is 4.79 Å². The van der Waals surface area contributed by atoms with E-state index in [4.69, 9.17) is 14.9 Å². The van der Waals surface area contributed by atoms with Crippen LogP contribution in [0.4, 0.5) is 0 Å². The van der Waals surface area contributed by atoms with Gasteiger partial charge >= 0.3 is 5.97 Å². The third kappa shape index (κ3) is 1.49. The van der Waals surface area contributed by atoms with Crippen LogP contribution in [-0.4, -0.2) is 13.1 Å². The van der Waals surface area contributed by atoms with Crippen LogP contribution < -0.4 is 5.73 Å². The molecule has 15 heavy (non-hydrogen) atoms. The SMILES string of the molecule is COC(=O)c1cccc2occ(CN)c12. The molecular formula is C11H11NO3. The Labute approximate surface area is 86.6 Å². The van der Waals surface area contributed by atoms with Crippen LogP contribution >= 0.6 is 0 Å². The fourth-order valence-electron chi connectivity index (χ4n) is 1.58. The second-order valence-electron chi connectivity index (χ2n) is 3.14. The topological polar surface area (TPSA) is 65.5 Å². The van der Waals surface area contributed by atoms with Crippen molar-refractivity contribution in [3.8, 4) is 0 Å². The van der Waals surface area contributed by atoms with E-state index in [1.165, 1.54) is 7.11 Å². The van der Waals surface area contributed by atoms with Crippen molar-refractivity contribution in [3.05, 3.63) is 35.6 Å². The monoisotopic (exact) mass is 205 g/mol. The quantitative estimate of drug-likeness (QED) is 0.757.